The van der Waals surface area contributed by atoms with Gasteiger partial charge in [-0.2, -0.15) is 0 Å². The molecule has 0 saturated carbocycles. The highest BCUT2D eigenvalue weighted by Crippen LogP contribution is 2.38. The molecule has 2 aromatic heterocycles. The van der Waals surface area contributed by atoms with Gasteiger partial charge in [-0.25, -0.2) is 9.97 Å². The van der Waals surface area contributed by atoms with Crippen molar-refractivity contribution < 1.29 is 0 Å². The van der Waals surface area contributed by atoms with Crippen LogP contribution in [0.25, 0.3) is 21.3 Å². The van der Waals surface area contributed by atoms with Gasteiger partial charge in [-0.3, -0.25) is 0 Å². The normalized spacial score (nSPS) is 21.2. The SMILES string of the molecule is CN(C)C1CCN(CC2CCN(c3ncnc4scc(-c5ccccc5)c34)CC2)C1. The van der Waals surface area contributed by atoms with Crippen LogP contribution in [0.1, 0.15) is 19.3 Å². The average Bonchev–Trinajstić information content (AvgIpc) is 3.42. The summed E-state index contributed by atoms with van der Waals surface area (Å²) in [5, 5.41) is 3.46. The average molecular weight is 422 g/mol. The summed E-state index contributed by atoms with van der Waals surface area (Å²) in [6.45, 7) is 5.92. The molecule has 3 aromatic rings. The van der Waals surface area contributed by atoms with Crippen molar-refractivity contribution in [3.05, 3.63) is 42.0 Å². The summed E-state index contributed by atoms with van der Waals surface area (Å²) >= 11 is 1.72. The monoisotopic (exact) mass is 421 g/mol. The van der Waals surface area contributed by atoms with Gasteiger partial charge in [0.25, 0.3) is 0 Å². The highest BCUT2D eigenvalue weighted by Gasteiger charge is 2.28. The third-order valence-corrected chi connectivity index (χ3v) is 7.73. The Kier molecular flexibility index (Phi) is 5.72. The van der Waals surface area contributed by atoms with Crippen molar-refractivity contribution in [2.75, 3.05) is 51.7 Å². The van der Waals surface area contributed by atoms with Crippen LogP contribution in [0.4, 0.5) is 5.82 Å². The van der Waals surface area contributed by atoms with E-state index in [1.54, 1.807) is 17.7 Å². The lowest BCUT2D eigenvalue weighted by Crippen LogP contribution is -2.39. The molecular formula is C24H31N5S. The molecule has 2 fully saturated rings. The van der Waals surface area contributed by atoms with Crippen LogP contribution >= 0.6 is 11.3 Å². The van der Waals surface area contributed by atoms with Crippen LogP contribution in [0.2, 0.25) is 0 Å². The lowest BCUT2D eigenvalue weighted by atomic mass is 9.96. The predicted octanol–water partition coefficient (Wildman–Crippen LogP) is 4.21. The number of fused-ring (bicyclic) bond motifs is 1. The van der Waals surface area contributed by atoms with E-state index in [0.717, 1.165) is 35.7 Å². The fraction of sp³-hybridized carbons (Fsp3) is 0.500. The molecule has 6 heteroatoms. The first-order valence-corrected chi connectivity index (χ1v) is 12.0. The van der Waals surface area contributed by atoms with Gasteiger partial charge in [-0.15, -0.1) is 11.3 Å². The van der Waals surface area contributed by atoms with Crippen LogP contribution in [0.5, 0.6) is 0 Å². The van der Waals surface area contributed by atoms with Gasteiger partial charge >= 0.3 is 0 Å². The van der Waals surface area contributed by atoms with Gasteiger partial charge in [0.05, 0.1) is 5.39 Å². The molecule has 1 unspecified atom stereocenters. The van der Waals surface area contributed by atoms with Crippen molar-refractivity contribution >= 4 is 27.4 Å². The second-order valence-corrected chi connectivity index (χ2v) is 9.85. The second kappa shape index (κ2) is 8.61. The van der Waals surface area contributed by atoms with E-state index in [1.165, 1.54) is 55.4 Å². The fourth-order valence-corrected chi connectivity index (χ4v) is 5.93. The Balaban J connectivity index is 1.29. The Hall–Kier alpha value is -2.02. The molecular weight excluding hydrogens is 390 g/mol. The molecule has 0 aliphatic carbocycles. The second-order valence-electron chi connectivity index (χ2n) is 8.99. The lowest BCUT2D eigenvalue weighted by Gasteiger charge is -2.35. The maximum Gasteiger partial charge on any atom is 0.141 e. The highest BCUT2D eigenvalue weighted by atomic mass is 32.1. The molecule has 2 aliphatic heterocycles. The number of anilines is 1. The van der Waals surface area contributed by atoms with E-state index in [0.29, 0.717) is 0 Å². The zero-order valence-electron chi connectivity index (χ0n) is 18.0. The zero-order valence-corrected chi connectivity index (χ0v) is 18.8. The third-order valence-electron chi connectivity index (χ3n) is 6.84. The van der Waals surface area contributed by atoms with E-state index in [9.17, 15) is 0 Å². The van der Waals surface area contributed by atoms with Crippen molar-refractivity contribution in [3.63, 3.8) is 0 Å². The van der Waals surface area contributed by atoms with Gasteiger partial charge < -0.3 is 14.7 Å². The summed E-state index contributed by atoms with van der Waals surface area (Å²) in [5.74, 6) is 1.92. The third kappa shape index (κ3) is 3.96. The van der Waals surface area contributed by atoms with E-state index >= 15 is 0 Å². The molecule has 4 heterocycles. The standard InChI is InChI=1S/C24H31N5S/c1-27(2)20-10-11-28(15-20)14-18-8-12-29(13-9-18)23-22-21(19-6-4-3-5-7-19)16-30-24(22)26-17-25-23/h3-7,16-18,20H,8-15H2,1-2H3. The largest absolute Gasteiger partial charge is 0.356 e. The Labute approximate surface area is 183 Å². The number of hydrogen-bond donors (Lipinski definition) is 0. The van der Waals surface area contributed by atoms with E-state index in [1.807, 2.05) is 0 Å². The zero-order chi connectivity index (χ0) is 20.5. The van der Waals surface area contributed by atoms with Gasteiger partial charge in [0.2, 0.25) is 0 Å². The van der Waals surface area contributed by atoms with Crippen molar-refractivity contribution in [1.82, 2.24) is 19.8 Å². The maximum atomic E-state index is 4.75. The Morgan fingerprint density at radius 1 is 1.03 bits per heavy atom. The molecule has 2 saturated heterocycles. The van der Waals surface area contributed by atoms with E-state index in [4.69, 9.17) is 4.98 Å². The molecule has 0 radical (unpaired) electrons. The molecule has 0 amide bonds. The number of likely N-dealkylation sites (N-methyl/N-ethyl adjacent to an activating group) is 1. The minimum atomic E-state index is 0.731. The summed E-state index contributed by atoms with van der Waals surface area (Å²) in [4.78, 5) is 18.0. The molecule has 5 rings (SSSR count). The van der Waals surface area contributed by atoms with Crippen molar-refractivity contribution in [1.29, 1.82) is 0 Å². The fourth-order valence-electron chi connectivity index (χ4n) is 5.02. The first-order chi connectivity index (χ1) is 14.7. The maximum absolute atomic E-state index is 4.75. The van der Waals surface area contributed by atoms with Gasteiger partial charge in [0.1, 0.15) is 17.0 Å². The number of hydrogen-bond acceptors (Lipinski definition) is 6. The van der Waals surface area contributed by atoms with Gasteiger partial charge in [-0.05, 0) is 51.4 Å². The Morgan fingerprint density at radius 2 is 1.83 bits per heavy atom. The quantitative estimate of drug-likeness (QED) is 0.617. The molecule has 0 spiro atoms. The molecule has 0 N–H and O–H groups in total. The van der Waals surface area contributed by atoms with Crippen LogP contribution in [0, 0.1) is 5.92 Å². The van der Waals surface area contributed by atoms with Gasteiger partial charge in [0.15, 0.2) is 0 Å². The number of benzene rings is 1. The smallest absolute Gasteiger partial charge is 0.141 e. The molecule has 1 atom stereocenters. The molecule has 2 aliphatic rings. The Morgan fingerprint density at radius 3 is 2.57 bits per heavy atom. The number of aromatic nitrogens is 2. The summed E-state index contributed by atoms with van der Waals surface area (Å²) in [6, 6.07) is 11.4. The van der Waals surface area contributed by atoms with E-state index < -0.39 is 0 Å². The first-order valence-electron chi connectivity index (χ1n) is 11.1. The molecule has 158 valence electrons. The van der Waals surface area contributed by atoms with Crippen LogP contribution < -0.4 is 4.90 Å². The number of thiophene rings is 1. The summed E-state index contributed by atoms with van der Waals surface area (Å²) in [5.41, 5.74) is 2.51. The molecule has 5 nitrogen and oxygen atoms in total. The summed E-state index contributed by atoms with van der Waals surface area (Å²) in [7, 11) is 4.42. The number of nitrogens with zero attached hydrogens (tertiary/aromatic N) is 5. The predicted molar refractivity (Wildman–Crippen MR) is 126 cm³/mol. The molecule has 1 aromatic carbocycles. The van der Waals surface area contributed by atoms with Crippen LogP contribution in [-0.2, 0) is 0 Å². The topological polar surface area (TPSA) is 35.5 Å². The van der Waals surface area contributed by atoms with Gasteiger partial charge in [0, 0.05) is 43.2 Å². The van der Waals surface area contributed by atoms with Gasteiger partial charge in [-0.1, -0.05) is 30.3 Å². The van der Waals surface area contributed by atoms with Crippen molar-refractivity contribution in [3.8, 4) is 11.1 Å². The molecule has 0 bridgehead atoms. The van der Waals surface area contributed by atoms with Crippen LogP contribution in [0.3, 0.4) is 0 Å². The highest BCUT2D eigenvalue weighted by molar-refractivity contribution is 7.17. The minimum Gasteiger partial charge on any atom is -0.356 e. The van der Waals surface area contributed by atoms with Crippen LogP contribution in [-0.4, -0.2) is 72.6 Å². The number of likely N-dealkylation sites (tertiary alicyclic amines) is 1. The Bertz CT molecular complexity index is 978. The van der Waals surface area contributed by atoms with Crippen molar-refractivity contribution in [2.24, 2.45) is 5.92 Å². The minimum absolute atomic E-state index is 0.731. The van der Waals surface area contributed by atoms with Crippen molar-refractivity contribution in [2.45, 2.75) is 25.3 Å². The molecule has 30 heavy (non-hydrogen) atoms. The lowest BCUT2D eigenvalue weighted by molar-refractivity contribution is 0.225. The van der Waals surface area contributed by atoms with E-state index in [2.05, 4.69) is 69.5 Å². The van der Waals surface area contributed by atoms with E-state index in [-0.39, 0.29) is 0 Å². The number of piperidine rings is 1. The number of rotatable bonds is 5. The summed E-state index contributed by atoms with van der Waals surface area (Å²) < 4.78 is 0. The first kappa shape index (κ1) is 19.9. The van der Waals surface area contributed by atoms with Crippen LogP contribution in [0.15, 0.2) is 42.0 Å². The summed E-state index contributed by atoms with van der Waals surface area (Å²) in [6.07, 6.45) is 5.55.